The van der Waals surface area contributed by atoms with Crippen LogP contribution < -0.4 is 15.5 Å². The lowest BCUT2D eigenvalue weighted by molar-refractivity contribution is 0.101. The number of rotatable bonds is 9. The van der Waals surface area contributed by atoms with Gasteiger partial charge >= 0.3 is 0 Å². The van der Waals surface area contributed by atoms with E-state index in [0.29, 0.717) is 17.4 Å². The second-order valence-electron chi connectivity index (χ2n) is 5.93. The molecule has 0 aliphatic rings. The highest BCUT2D eigenvalue weighted by atomic mass is 32.2. The van der Waals surface area contributed by atoms with Crippen LogP contribution in [-0.2, 0) is 0 Å². The number of unbranched alkanes of at least 4 members (excludes halogenated alkanes) is 1. The Morgan fingerprint density at radius 3 is 2.72 bits per heavy atom. The van der Waals surface area contributed by atoms with E-state index in [9.17, 15) is 9.59 Å². The monoisotopic (exact) mass is 431 g/mol. The third-order valence-corrected chi connectivity index (χ3v) is 5.84. The molecule has 1 aromatic carbocycles. The molecule has 10 heteroatoms. The van der Waals surface area contributed by atoms with E-state index in [-0.39, 0.29) is 5.69 Å². The van der Waals surface area contributed by atoms with E-state index >= 15 is 0 Å². The van der Waals surface area contributed by atoms with Crippen LogP contribution in [0.1, 0.15) is 37.2 Å². The van der Waals surface area contributed by atoms with Crippen molar-refractivity contribution < 1.29 is 9.53 Å². The minimum absolute atomic E-state index is 0.211. The fraction of sp³-hybridized carbons (Fsp3) is 0.316. The molecule has 0 unspecified atom stereocenters. The molecule has 0 atom stereocenters. The number of aromatic nitrogens is 4. The van der Waals surface area contributed by atoms with Crippen LogP contribution in [0.15, 0.2) is 45.7 Å². The van der Waals surface area contributed by atoms with Gasteiger partial charge in [-0.25, -0.2) is 4.68 Å². The highest BCUT2D eigenvalue weighted by Gasteiger charge is 2.16. The first-order chi connectivity index (χ1) is 14.1. The standard InChI is InChI=1S/C19H21N5O3S2/c1-3-5-12-28-19-22-21-18(29-19)20-17(26)16-15(25)10-11-24(23-16)13-6-8-14(9-7-13)27-4-2/h6-11H,3-5,12H2,1-2H3,(H,20,21,26). The van der Waals surface area contributed by atoms with Crippen LogP contribution in [0.4, 0.5) is 5.13 Å². The number of hydrogen-bond donors (Lipinski definition) is 1. The van der Waals surface area contributed by atoms with Crippen molar-refractivity contribution in [2.24, 2.45) is 0 Å². The van der Waals surface area contributed by atoms with E-state index in [4.69, 9.17) is 4.74 Å². The molecule has 2 aromatic heterocycles. The molecular weight excluding hydrogens is 410 g/mol. The minimum Gasteiger partial charge on any atom is -0.494 e. The lowest BCUT2D eigenvalue weighted by atomic mass is 10.3. The van der Waals surface area contributed by atoms with Crippen molar-refractivity contribution in [3.63, 3.8) is 0 Å². The molecule has 0 fully saturated rings. The lowest BCUT2D eigenvalue weighted by Gasteiger charge is -2.08. The van der Waals surface area contributed by atoms with Crippen molar-refractivity contribution in [1.82, 2.24) is 20.0 Å². The summed E-state index contributed by atoms with van der Waals surface area (Å²) in [6.07, 6.45) is 3.71. The molecule has 0 aliphatic heterocycles. The first kappa shape index (κ1) is 21.0. The van der Waals surface area contributed by atoms with E-state index in [1.165, 1.54) is 28.3 Å². The van der Waals surface area contributed by atoms with Crippen LogP contribution in [-0.4, -0.2) is 38.2 Å². The van der Waals surface area contributed by atoms with E-state index < -0.39 is 11.3 Å². The molecule has 0 radical (unpaired) electrons. The van der Waals surface area contributed by atoms with E-state index in [1.54, 1.807) is 36.0 Å². The molecule has 0 saturated heterocycles. The Morgan fingerprint density at radius 1 is 1.21 bits per heavy atom. The normalized spacial score (nSPS) is 10.7. The fourth-order valence-corrected chi connectivity index (χ4v) is 4.25. The molecule has 0 spiro atoms. The van der Waals surface area contributed by atoms with Crippen LogP contribution in [0.5, 0.6) is 5.75 Å². The Bertz CT molecular complexity index is 1020. The van der Waals surface area contributed by atoms with Crippen molar-refractivity contribution in [3.8, 4) is 11.4 Å². The Balaban J connectivity index is 1.73. The molecule has 1 N–H and O–H groups in total. The molecule has 1 amide bonds. The predicted octanol–water partition coefficient (Wildman–Crippen LogP) is 3.63. The molecule has 3 aromatic rings. The number of thioether (sulfide) groups is 1. The zero-order chi connectivity index (χ0) is 20.6. The summed E-state index contributed by atoms with van der Waals surface area (Å²) in [5.41, 5.74) is 0.0246. The molecule has 29 heavy (non-hydrogen) atoms. The summed E-state index contributed by atoms with van der Waals surface area (Å²) >= 11 is 2.88. The predicted molar refractivity (Wildman–Crippen MR) is 114 cm³/mol. The third kappa shape index (κ3) is 5.64. The van der Waals surface area contributed by atoms with Crippen molar-refractivity contribution >= 4 is 34.1 Å². The highest BCUT2D eigenvalue weighted by Crippen LogP contribution is 2.26. The Hall–Kier alpha value is -2.72. The van der Waals surface area contributed by atoms with Crippen LogP contribution in [0.25, 0.3) is 5.69 Å². The van der Waals surface area contributed by atoms with Crippen molar-refractivity contribution in [3.05, 3.63) is 52.4 Å². The number of benzene rings is 1. The van der Waals surface area contributed by atoms with Crippen molar-refractivity contribution in [2.75, 3.05) is 17.7 Å². The zero-order valence-corrected chi connectivity index (χ0v) is 17.8. The van der Waals surface area contributed by atoms with Crippen molar-refractivity contribution in [2.45, 2.75) is 31.0 Å². The van der Waals surface area contributed by atoms with Gasteiger partial charge in [0.05, 0.1) is 12.3 Å². The maximum absolute atomic E-state index is 12.6. The summed E-state index contributed by atoms with van der Waals surface area (Å²) in [6.45, 7) is 4.61. The van der Waals surface area contributed by atoms with Crippen LogP contribution in [0, 0.1) is 0 Å². The molecule has 0 bridgehead atoms. The number of amides is 1. The largest absolute Gasteiger partial charge is 0.494 e. The smallest absolute Gasteiger partial charge is 0.282 e. The van der Waals surface area contributed by atoms with Gasteiger partial charge in [0.1, 0.15) is 5.75 Å². The maximum atomic E-state index is 12.6. The molecule has 0 aliphatic carbocycles. The number of hydrogen-bond acceptors (Lipinski definition) is 8. The second-order valence-corrected chi connectivity index (χ2v) is 8.25. The average molecular weight is 432 g/mol. The minimum atomic E-state index is -0.614. The van der Waals surface area contributed by atoms with Gasteiger partial charge in [0.2, 0.25) is 10.6 Å². The first-order valence-corrected chi connectivity index (χ1v) is 11.0. The highest BCUT2D eigenvalue weighted by molar-refractivity contribution is 8.01. The number of nitrogens with zero attached hydrogens (tertiary/aromatic N) is 4. The van der Waals surface area contributed by atoms with Crippen LogP contribution in [0.2, 0.25) is 0 Å². The van der Waals surface area contributed by atoms with Crippen molar-refractivity contribution in [1.29, 1.82) is 0 Å². The number of carbonyl (C=O) groups is 1. The van der Waals surface area contributed by atoms with Gasteiger partial charge < -0.3 is 4.74 Å². The van der Waals surface area contributed by atoms with Gasteiger partial charge in [-0.15, -0.1) is 10.2 Å². The Morgan fingerprint density at radius 2 is 2.00 bits per heavy atom. The molecule has 152 valence electrons. The number of carbonyl (C=O) groups excluding carboxylic acids is 1. The molecule has 0 saturated carbocycles. The summed E-state index contributed by atoms with van der Waals surface area (Å²) < 4.78 is 7.67. The second kappa shape index (κ2) is 10.2. The fourth-order valence-electron chi connectivity index (χ4n) is 2.35. The van der Waals surface area contributed by atoms with Crippen LogP contribution in [0.3, 0.4) is 0 Å². The zero-order valence-electron chi connectivity index (χ0n) is 16.1. The van der Waals surface area contributed by atoms with Gasteiger partial charge in [0, 0.05) is 18.0 Å². The topological polar surface area (TPSA) is 99.0 Å². The number of ether oxygens (including phenoxy) is 1. The molecule has 8 nitrogen and oxygen atoms in total. The van der Waals surface area contributed by atoms with Crippen LogP contribution >= 0.6 is 23.1 Å². The number of nitrogens with one attached hydrogen (secondary N) is 1. The van der Waals surface area contributed by atoms with Gasteiger partial charge in [-0.05, 0) is 37.6 Å². The number of anilines is 1. The summed E-state index contributed by atoms with van der Waals surface area (Å²) in [5.74, 6) is 1.07. The van der Waals surface area contributed by atoms with E-state index in [1.807, 2.05) is 6.92 Å². The molecule has 3 rings (SSSR count). The SMILES string of the molecule is CCCCSc1nnc(NC(=O)c2nn(-c3ccc(OCC)cc3)ccc2=O)s1. The Kier molecular flexibility index (Phi) is 7.36. The molecular formula is C19H21N5O3S2. The third-order valence-electron chi connectivity index (χ3n) is 3.79. The van der Waals surface area contributed by atoms with Gasteiger partial charge in [-0.1, -0.05) is 36.4 Å². The van der Waals surface area contributed by atoms with Gasteiger partial charge in [-0.2, -0.15) is 5.10 Å². The Labute approximate surface area is 176 Å². The summed E-state index contributed by atoms with van der Waals surface area (Å²) in [7, 11) is 0. The lowest BCUT2D eigenvalue weighted by Crippen LogP contribution is -2.25. The van der Waals surface area contributed by atoms with E-state index in [2.05, 4.69) is 27.5 Å². The quantitative estimate of drug-likeness (QED) is 0.314. The van der Waals surface area contributed by atoms with E-state index in [0.717, 1.165) is 28.7 Å². The first-order valence-electron chi connectivity index (χ1n) is 9.21. The maximum Gasteiger partial charge on any atom is 0.282 e. The summed E-state index contributed by atoms with van der Waals surface area (Å²) in [5, 5.41) is 15.1. The summed E-state index contributed by atoms with van der Waals surface area (Å²) in [6, 6.07) is 8.52. The van der Waals surface area contributed by atoms with Gasteiger partial charge in [0.25, 0.3) is 5.91 Å². The van der Waals surface area contributed by atoms with Gasteiger partial charge in [-0.3, -0.25) is 14.9 Å². The summed E-state index contributed by atoms with van der Waals surface area (Å²) in [4.78, 5) is 24.7. The average Bonchev–Trinajstić information content (AvgIpc) is 3.16. The van der Waals surface area contributed by atoms with Gasteiger partial charge in [0.15, 0.2) is 10.0 Å². The molecule has 2 heterocycles.